The van der Waals surface area contributed by atoms with Gasteiger partial charge >= 0.3 is 0 Å². The lowest BCUT2D eigenvalue weighted by Crippen LogP contribution is -1.85. The lowest BCUT2D eigenvalue weighted by atomic mass is 10.6. The van der Waals surface area contributed by atoms with Crippen LogP contribution in [0.5, 0.6) is 0 Å². The number of thioether (sulfide) groups is 1. The van der Waals surface area contributed by atoms with Gasteiger partial charge in [0.15, 0.2) is 5.95 Å². The first-order valence-corrected chi connectivity index (χ1v) is 4.17. The summed E-state index contributed by atoms with van der Waals surface area (Å²) in [5, 5.41) is 1.01. The van der Waals surface area contributed by atoms with Crippen LogP contribution in [0.1, 0.15) is 12.6 Å². The highest BCUT2D eigenvalue weighted by molar-refractivity contribution is 7.99. The normalized spacial score (nSPS) is 10.2. The van der Waals surface area contributed by atoms with Crippen molar-refractivity contribution in [3.05, 3.63) is 5.69 Å². The molecule has 0 aliphatic heterocycles. The molecule has 0 aromatic carbocycles. The average molecular weight is 157 g/mol. The number of aromatic amines is 1. The van der Waals surface area contributed by atoms with Gasteiger partial charge in [0.1, 0.15) is 5.03 Å². The zero-order valence-electron chi connectivity index (χ0n) is 6.14. The Kier molecular flexibility index (Phi) is 2.21. The highest BCUT2D eigenvalue weighted by Crippen LogP contribution is 2.19. The van der Waals surface area contributed by atoms with Crippen LogP contribution in [-0.4, -0.2) is 15.7 Å². The largest absolute Gasteiger partial charge is 0.369 e. The van der Waals surface area contributed by atoms with Crippen molar-refractivity contribution in [1.29, 1.82) is 0 Å². The molecule has 0 aliphatic carbocycles. The lowest BCUT2D eigenvalue weighted by Gasteiger charge is -1.90. The molecular weight excluding hydrogens is 146 g/mol. The summed E-state index contributed by atoms with van der Waals surface area (Å²) in [5.41, 5.74) is 6.49. The molecule has 0 unspecified atom stereocenters. The van der Waals surface area contributed by atoms with Gasteiger partial charge in [0, 0.05) is 5.69 Å². The predicted molar refractivity (Wildman–Crippen MR) is 44.1 cm³/mol. The standard InChI is InChI=1S/C6H11N3S/c1-3-10-5-4(2)8-6(7)9-5/h3H2,1-2H3,(H3,7,8,9). The van der Waals surface area contributed by atoms with Gasteiger partial charge in [-0.05, 0) is 12.7 Å². The minimum absolute atomic E-state index is 0.508. The first-order chi connectivity index (χ1) is 4.74. The molecule has 1 aromatic rings. The van der Waals surface area contributed by atoms with Crippen LogP contribution in [-0.2, 0) is 0 Å². The van der Waals surface area contributed by atoms with Crippen molar-refractivity contribution in [3.8, 4) is 0 Å². The number of hydrogen-bond acceptors (Lipinski definition) is 3. The third kappa shape index (κ3) is 1.44. The smallest absolute Gasteiger partial charge is 0.198 e. The fourth-order valence-corrected chi connectivity index (χ4v) is 1.45. The van der Waals surface area contributed by atoms with Crippen molar-refractivity contribution in [2.45, 2.75) is 18.9 Å². The molecule has 0 atom stereocenters. The molecule has 0 fully saturated rings. The number of rotatable bonds is 2. The maximum atomic E-state index is 5.43. The average Bonchev–Trinajstić information content (AvgIpc) is 2.13. The Bertz CT molecular complexity index is 219. The number of H-pyrrole nitrogens is 1. The number of anilines is 1. The van der Waals surface area contributed by atoms with Crippen LogP contribution in [0.2, 0.25) is 0 Å². The van der Waals surface area contributed by atoms with Crippen LogP contribution in [0, 0.1) is 6.92 Å². The molecule has 1 aromatic heterocycles. The first-order valence-electron chi connectivity index (χ1n) is 3.19. The van der Waals surface area contributed by atoms with Crippen molar-refractivity contribution in [1.82, 2.24) is 9.97 Å². The molecule has 4 heteroatoms. The van der Waals surface area contributed by atoms with Gasteiger partial charge in [0.25, 0.3) is 0 Å². The van der Waals surface area contributed by atoms with Gasteiger partial charge in [0.2, 0.25) is 0 Å². The second-order valence-electron chi connectivity index (χ2n) is 1.99. The van der Waals surface area contributed by atoms with Crippen molar-refractivity contribution in [2.24, 2.45) is 0 Å². The van der Waals surface area contributed by atoms with E-state index in [0.717, 1.165) is 16.5 Å². The number of imidazole rings is 1. The van der Waals surface area contributed by atoms with E-state index in [4.69, 9.17) is 5.73 Å². The number of aromatic nitrogens is 2. The summed E-state index contributed by atoms with van der Waals surface area (Å²) in [5.74, 6) is 1.54. The van der Waals surface area contributed by atoms with E-state index in [1.807, 2.05) is 6.92 Å². The maximum absolute atomic E-state index is 5.43. The summed E-state index contributed by atoms with van der Waals surface area (Å²) >= 11 is 1.70. The molecule has 0 amide bonds. The lowest BCUT2D eigenvalue weighted by molar-refractivity contribution is 1.15. The van der Waals surface area contributed by atoms with Crippen LogP contribution in [0.4, 0.5) is 5.95 Å². The van der Waals surface area contributed by atoms with Crippen LogP contribution < -0.4 is 5.73 Å². The second kappa shape index (κ2) is 2.96. The van der Waals surface area contributed by atoms with Gasteiger partial charge in [-0.1, -0.05) is 6.92 Å². The number of aryl methyl sites for hydroxylation is 1. The summed E-state index contributed by atoms with van der Waals surface area (Å²) in [6, 6.07) is 0. The summed E-state index contributed by atoms with van der Waals surface area (Å²) in [6.45, 7) is 4.07. The quantitative estimate of drug-likeness (QED) is 0.638. The third-order valence-electron chi connectivity index (χ3n) is 1.14. The van der Waals surface area contributed by atoms with Gasteiger partial charge < -0.3 is 10.7 Å². The van der Waals surface area contributed by atoms with Crippen LogP contribution in [0.3, 0.4) is 0 Å². The van der Waals surface area contributed by atoms with Crippen LogP contribution in [0.25, 0.3) is 0 Å². The summed E-state index contributed by atoms with van der Waals surface area (Å²) in [7, 11) is 0. The van der Waals surface area contributed by atoms with E-state index in [0.29, 0.717) is 5.95 Å². The molecule has 56 valence electrons. The molecule has 3 N–H and O–H groups in total. The summed E-state index contributed by atoms with van der Waals surface area (Å²) in [6.07, 6.45) is 0. The molecule has 1 heterocycles. The molecule has 3 nitrogen and oxygen atoms in total. The molecular formula is C6H11N3S. The Morgan fingerprint density at radius 2 is 2.40 bits per heavy atom. The zero-order chi connectivity index (χ0) is 7.56. The fraction of sp³-hybridized carbons (Fsp3) is 0.500. The van der Waals surface area contributed by atoms with Gasteiger partial charge in [0.05, 0.1) is 0 Å². The Morgan fingerprint density at radius 1 is 1.70 bits per heavy atom. The Morgan fingerprint density at radius 3 is 2.80 bits per heavy atom. The number of nitrogens with one attached hydrogen (secondary N) is 1. The predicted octanol–water partition coefficient (Wildman–Crippen LogP) is 1.41. The highest BCUT2D eigenvalue weighted by Gasteiger charge is 2.01. The number of nitrogen functional groups attached to an aromatic ring is 1. The topological polar surface area (TPSA) is 54.7 Å². The number of nitrogens with two attached hydrogens (primary N) is 1. The Balaban J connectivity index is 2.81. The van der Waals surface area contributed by atoms with Crippen molar-refractivity contribution in [3.63, 3.8) is 0 Å². The molecule has 1 rings (SSSR count). The maximum Gasteiger partial charge on any atom is 0.198 e. The number of hydrogen-bond donors (Lipinski definition) is 2. The molecule has 0 radical (unpaired) electrons. The van der Waals surface area contributed by atoms with Crippen molar-refractivity contribution in [2.75, 3.05) is 11.5 Å². The van der Waals surface area contributed by atoms with Crippen molar-refractivity contribution < 1.29 is 0 Å². The van der Waals surface area contributed by atoms with Gasteiger partial charge in [-0.2, -0.15) is 0 Å². The molecule has 0 aliphatic rings. The van der Waals surface area contributed by atoms with E-state index in [-0.39, 0.29) is 0 Å². The van der Waals surface area contributed by atoms with E-state index >= 15 is 0 Å². The molecule has 0 spiro atoms. The van der Waals surface area contributed by atoms with Gasteiger partial charge in [-0.15, -0.1) is 11.8 Å². The summed E-state index contributed by atoms with van der Waals surface area (Å²) < 4.78 is 0. The van der Waals surface area contributed by atoms with E-state index in [1.165, 1.54) is 0 Å². The van der Waals surface area contributed by atoms with Gasteiger partial charge in [-0.25, -0.2) is 4.98 Å². The summed E-state index contributed by atoms with van der Waals surface area (Å²) in [4.78, 5) is 7.02. The molecule has 10 heavy (non-hydrogen) atoms. The molecule has 0 bridgehead atoms. The fourth-order valence-electron chi connectivity index (χ4n) is 0.744. The second-order valence-corrected chi connectivity index (χ2v) is 3.24. The van der Waals surface area contributed by atoms with E-state index in [1.54, 1.807) is 11.8 Å². The number of nitrogens with zero attached hydrogens (tertiary/aromatic N) is 1. The van der Waals surface area contributed by atoms with Gasteiger partial charge in [-0.3, -0.25) is 0 Å². The Hall–Kier alpha value is -0.640. The zero-order valence-corrected chi connectivity index (χ0v) is 6.96. The minimum atomic E-state index is 0.508. The van der Waals surface area contributed by atoms with E-state index in [9.17, 15) is 0 Å². The minimum Gasteiger partial charge on any atom is -0.369 e. The third-order valence-corrected chi connectivity index (χ3v) is 2.10. The van der Waals surface area contributed by atoms with E-state index < -0.39 is 0 Å². The van der Waals surface area contributed by atoms with E-state index in [2.05, 4.69) is 16.9 Å². The van der Waals surface area contributed by atoms with Crippen LogP contribution in [0.15, 0.2) is 5.03 Å². The van der Waals surface area contributed by atoms with Crippen LogP contribution >= 0.6 is 11.8 Å². The Labute approximate surface area is 64.4 Å². The SMILES string of the molecule is CCSc1nc(N)[nH]c1C. The first kappa shape index (κ1) is 7.47. The monoisotopic (exact) mass is 157 g/mol. The van der Waals surface area contributed by atoms with Crippen molar-refractivity contribution >= 4 is 17.7 Å². The molecule has 0 saturated heterocycles. The molecule has 0 saturated carbocycles. The highest BCUT2D eigenvalue weighted by atomic mass is 32.2.